The Labute approximate surface area is 117 Å². The third kappa shape index (κ3) is 3.66. The average Bonchev–Trinajstić information content (AvgIpc) is 3.06. The molecule has 0 aliphatic rings. The summed E-state index contributed by atoms with van der Waals surface area (Å²) in [5.41, 5.74) is 0. The maximum absolute atomic E-state index is 12.2. The number of rotatable bonds is 6. The van der Waals surface area contributed by atoms with Crippen LogP contribution in [0.5, 0.6) is 0 Å². The zero-order valence-corrected chi connectivity index (χ0v) is 12.0. The molecule has 0 saturated carbocycles. The van der Waals surface area contributed by atoms with Crippen LogP contribution in [0.1, 0.15) is 18.6 Å². The van der Waals surface area contributed by atoms with Crippen molar-refractivity contribution < 1.29 is 9.32 Å². The fourth-order valence-corrected chi connectivity index (χ4v) is 1.96. The van der Waals surface area contributed by atoms with Gasteiger partial charge in [-0.1, -0.05) is 12.1 Å². The van der Waals surface area contributed by atoms with Gasteiger partial charge in [0.15, 0.2) is 5.82 Å². The fraction of sp³-hybridized carbons (Fsp3) is 0.538. The topological polar surface area (TPSA) is 77.1 Å². The Morgan fingerprint density at radius 3 is 2.95 bits per heavy atom. The van der Waals surface area contributed by atoms with E-state index in [9.17, 15) is 4.79 Å². The maximum atomic E-state index is 12.2. The third-order valence-corrected chi connectivity index (χ3v) is 3.06. The van der Waals surface area contributed by atoms with Crippen molar-refractivity contribution in [3.05, 3.63) is 30.2 Å². The molecule has 1 atom stereocenters. The highest BCUT2D eigenvalue weighted by molar-refractivity contribution is 5.78. The summed E-state index contributed by atoms with van der Waals surface area (Å²) in [5, 5.41) is 7.92. The van der Waals surface area contributed by atoms with Gasteiger partial charge in [-0.25, -0.2) is 0 Å². The average molecular weight is 277 g/mol. The molecule has 0 bridgehead atoms. The van der Waals surface area contributed by atoms with Gasteiger partial charge in [0.1, 0.15) is 0 Å². The molecule has 0 N–H and O–H groups in total. The lowest BCUT2D eigenvalue weighted by Gasteiger charge is -2.20. The van der Waals surface area contributed by atoms with Crippen LogP contribution in [-0.2, 0) is 17.8 Å². The van der Waals surface area contributed by atoms with E-state index >= 15 is 0 Å². The van der Waals surface area contributed by atoms with E-state index in [1.165, 1.54) is 0 Å². The summed E-state index contributed by atoms with van der Waals surface area (Å²) >= 11 is 0. The quantitative estimate of drug-likeness (QED) is 0.784. The van der Waals surface area contributed by atoms with Gasteiger partial charge in [0.2, 0.25) is 11.8 Å². The van der Waals surface area contributed by atoms with Gasteiger partial charge < -0.3 is 9.42 Å². The van der Waals surface area contributed by atoms with Gasteiger partial charge in [0, 0.05) is 39.3 Å². The van der Waals surface area contributed by atoms with Gasteiger partial charge in [0.05, 0.1) is 12.5 Å². The Hall–Kier alpha value is -2.18. The van der Waals surface area contributed by atoms with Crippen LogP contribution in [0.3, 0.4) is 0 Å². The van der Waals surface area contributed by atoms with Crippen molar-refractivity contribution in [1.82, 2.24) is 24.8 Å². The standard InChI is InChI=1S/C13H19N5O2/c1-10(9-18-7-4-6-14-18)13(19)17(3)8-5-12-15-11(2)20-16-12/h4,6-7,10H,5,8-9H2,1-3H3. The molecule has 1 amide bonds. The van der Waals surface area contributed by atoms with E-state index in [1.54, 1.807) is 29.7 Å². The number of carbonyl (C=O) groups excluding carboxylic acids is 1. The molecular formula is C13H19N5O2. The zero-order valence-electron chi connectivity index (χ0n) is 12.0. The van der Waals surface area contributed by atoms with Crippen LogP contribution in [0.4, 0.5) is 0 Å². The molecular weight excluding hydrogens is 258 g/mol. The lowest BCUT2D eigenvalue weighted by Crippen LogP contribution is -2.35. The summed E-state index contributed by atoms with van der Waals surface area (Å²) in [6.45, 7) is 4.80. The largest absolute Gasteiger partial charge is 0.345 e. The maximum Gasteiger partial charge on any atom is 0.227 e. The molecule has 0 aromatic carbocycles. The van der Waals surface area contributed by atoms with Gasteiger partial charge in [-0.2, -0.15) is 10.1 Å². The first-order chi connectivity index (χ1) is 9.56. The molecule has 1 unspecified atom stereocenters. The predicted octanol–water partition coefficient (Wildman–Crippen LogP) is 0.912. The van der Waals surface area contributed by atoms with Crippen molar-refractivity contribution in [1.29, 1.82) is 0 Å². The fourth-order valence-electron chi connectivity index (χ4n) is 1.96. The summed E-state index contributed by atoms with van der Waals surface area (Å²) < 4.78 is 6.66. The van der Waals surface area contributed by atoms with Crippen LogP contribution < -0.4 is 0 Å². The number of aryl methyl sites for hydroxylation is 1. The molecule has 108 valence electrons. The summed E-state index contributed by atoms with van der Waals surface area (Å²) in [4.78, 5) is 18.0. The molecule has 7 nitrogen and oxygen atoms in total. The molecule has 2 aromatic rings. The number of likely N-dealkylation sites (N-methyl/N-ethyl adjacent to an activating group) is 1. The Bertz CT molecular complexity index is 549. The minimum Gasteiger partial charge on any atom is -0.345 e. The first kappa shape index (κ1) is 14.2. The number of nitrogens with zero attached hydrogens (tertiary/aromatic N) is 5. The minimum atomic E-state index is -0.119. The summed E-state index contributed by atoms with van der Waals surface area (Å²) in [6, 6.07) is 1.85. The molecule has 0 saturated heterocycles. The zero-order chi connectivity index (χ0) is 14.5. The molecule has 0 radical (unpaired) electrons. The summed E-state index contributed by atoms with van der Waals surface area (Å²) in [5.74, 6) is 1.13. The van der Waals surface area contributed by atoms with Gasteiger partial charge in [0.25, 0.3) is 0 Å². The second kappa shape index (κ2) is 6.31. The van der Waals surface area contributed by atoms with Crippen molar-refractivity contribution >= 4 is 5.91 Å². The number of aromatic nitrogens is 4. The van der Waals surface area contributed by atoms with Crippen LogP contribution in [-0.4, -0.2) is 44.3 Å². The van der Waals surface area contributed by atoms with Crippen molar-refractivity contribution in [2.45, 2.75) is 26.8 Å². The second-order valence-electron chi connectivity index (χ2n) is 4.87. The van der Waals surface area contributed by atoms with Gasteiger partial charge >= 0.3 is 0 Å². The molecule has 0 spiro atoms. The lowest BCUT2D eigenvalue weighted by atomic mass is 10.1. The Morgan fingerprint density at radius 1 is 1.55 bits per heavy atom. The van der Waals surface area contributed by atoms with E-state index in [2.05, 4.69) is 15.2 Å². The molecule has 20 heavy (non-hydrogen) atoms. The number of amides is 1. The van der Waals surface area contributed by atoms with E-state index in [0.717, 1.165) is 0 Å². The minimum absolute atomic E-state index is 0.0840. The van der Waals surface area contributed by atoms with Gasteiger partial charge in [-0.05, 0) is 6.07 Å². The molecule has 7 heteroatoms. The highest BCUT2D eigenvalue weighted by atomic mass is 16.5. The van der Waals surface area contributed by atoms with Crippen LogP contribution in [0, 0.1) is 12.8 Å². The number of carbonyl (C=O) groups is 1. The highest BCUT2D eigenvalue weighted by Crippen LogP contribution is 2.05. The Morgan fingerprint density at radius 2 is 2.35 bits per heavy atom. The van der Waals surface area contributed by atoms with E-state index < -0.39 is 0 Å². The molecule has 2 aromatic heterocycles. The van der Waals surface area contributed by atoms with Crippen molar-refractivity contribution in [3.8, 4) is 0 Å². The molecule has 2 rings (SSSR count). The van der Waals surface area contributed by atoms with Crippen molar-refractivity contribution in [2.75, 3.05) is 13.6 Å². The van der Waals surface area contributed by atoms with Crippen LogP contribution in [0.2, 0.25) is 0 Å². The van der Waals surface area contributed by atoms with Crippen molar-refractivity contribution in [3.63, 3.8) is 0 Å². The van der Waals surface area contributed by atoms with Gasteiger partial charge in [-0.15, -0.1) is 0 Å². The SMILES string of the molecule is Cc1nc(CCN(C)C(=O)C(C)Cn2cccn2)no1. The Balaban J connectivity index is 1.81. The Kier molecular flexibility index (Phi) is 4.49. The van der Waals surface area contributed by atoms with Crippen molar-refractivity contribution in [2.24, 2.45) is 5.92 Å². The third-order valence-electron chi connectivity index (χ3n) is 3.06. The monoisotopic (exact) mass is 277 g/mol. The lowest BCUT2D eigenvalue weighted by molar-refractivity contribution is -0.134. The van der Waals surface area contributed by atoms with E-state index in [4.69, 9.17) is 4.52 Å². The molecule has 0 fully saturated rings. The van der Waals surface area contributed by atoms with E-state index in [0.29, 0.717) is 31.2 Å². The molecule has 2 heterocycles. The normalized spacial score (nSPS) is 12.3. The van der Waals surface area contributed by atoms with E-state index in [-0.39, 0.29) is 11.8 Å². The first-order valence-electron chi connectivity index (χ1n) is 6.58. The molecule has 0 aliphatic carbocycles. The number of hydrogen-bond acceptors (Lipinski definition) is 5. The first-order valence-corrected chi connectivity index (χ1v) is 6.58. The molecule has 0 aliphatic heterocycles. The summed E-state index contributed by atoms with van der Waals surface area (Å²) in [7, 11) is 1.79. The summed E-state index contributed by atoms with van der Waals surface area (Å²) in [6.07, 6.45) is 4.15. The van der Waals surface area contributed by atoms with Gasteiger partial charge in [-0.3, -0.25) is 9.48 Å². The van der Waals surface area contributed by atoms with E-state index in [1.807, 2.05) is 19.2 Å². The van der Waals surface area contributed by atoms with Crippen LogP contribution in [0.25, 0.3) is 0 Å². The van der Waals surface area contributed by atoms with Crippen LogP contribution >= 0.6 is 0 Å². The number of hydrogen-bond donors (Lipinski definition) is 0. The predicted molar refractivity (Wildman–Crippen MR) is 71.8 cm³/mol. The highest BCUT2D eigenvalue weighted by Gasteiger charge is 2.18. The van der Waals surface area contributed by atoms with Crippen LogP contribution in [0.15, 0.2) is 23.0 Å². The second-order valence-corrected chi connectivity index (χ2v) is 4.87. The smallest absolute Gasteiger partial charge is 0.227 e.